The molecule has 71 heavy (non-hydrogen) atoms. The first-order valence-corrected chi connectivity index (χ1v) is 25.7. The van der Waals surface area contributed by atoms with Gasteiger partial charge in [0.25, 0.3) is 0 Å². The summed E-state index contributed by atoms with van der Waals surface area (Å²) in [7, 11) is 14.2. The van der Waals surface area contributed by atoms with E-state index in [4.69, 9.17) is 0 Å². The number of hydrogen-bond acceptors (Lipinski definition) is 0. The molecule has 0 aliphatic heterocycles. The quantitative estimate of drug-likeness (QED) is 0.168. The smallest absolute Gasteiger partial charge is 0.143 e. The maximum absolute atomic E-state index is 12.6. The molecule has 0 saturated heterocycles. The Morgan fingerprint density at radius 2 is 0.507 bits per heavy atom. The molecule has 0 amide bonds. The van der Waals surface area contributed by atoms with Crippen LogP contribution in [0.5, 0.6) is 0 Å². The van der Waals surface area contributed by atoms with Crippen molar-refractivity contribution in [2.24, 2.45) is 49.3 Å². The predicted octanol–water partition coefficient (Wildman–Crippen LogP) is 16.6. The van der Waals surface area contributed by atoms with Gasteiger partial charge in [-0.25, -0.2) is 8.78 Å². The molecule has 0 N–H and O–H groups in total. The zero-order valence-electron chi connectivity index (χ0n) is 50.7. The topological polar surface area (TPSA) is 34.5 Å². The van der Waals surface area contributed by atoms with Crippen molar-refractivity contribution in [3.8, 4) is 0 Å². The average molecular weight is 983 g/mol. The standard InChI is InChI=1S/C12H21N.2C10H17N.2C8H13N.2C7H10FN/c1-8(2)11-7-13(6)12(9(3)4)10(11)5;1-7(2)10-6-11(5)9(4)8(10)3;1-7(2)10-9(4)8(3)6-11(10)5;2*1-6-5-9(4)8(3)7(6)2;2*1-5-6(2)9(3)4-7(5)8/h7-9H,1-6H3;2*6-7H,1-5H3;2*5H,1-4H3;2*4H,1-3H3. The molecule has 0 fully saturated rings. The first kappa shape index (κ1) is 63.8. The lowest BCUT2D eigenvalue weighted by molar-refractivity contribution is 0.617. The summed E-state index contributed by atoms with van der Waals surface area (Å²) in [6, 6.07) is 0. The van der Waals surface area contributed by atoms with Crippen LogP contribution < -0.4 is 0 Å². The van der Waals surface area contributed by atoms with Crippen molar-refractivity contribution in [3.63, 3.8) is 0 Å². The highest BCUT2D eigenvalue weighted by Gasteiger charge is 2.15. The highest BCUT2D eigenvalue weighted by Crippen LogP contribution is 2.28. The van der Waals surface area contributed by atoms with E-state index in [9.17, 15) is 8.78 Å². The van der Waals surface area contributed by atoms with Gasteiger partial charge in [-0.1, -0.05) is 55.4 Å². The number of halogens is 2. The number of aromatic nitrogens is 7. The minimum absolute atomic E-state index is 0.116. The molecular weight excluding hydrogens is 881 g/mol. The van der Waals surface area contributed by atoms with Gasteiger partial charge in [0, 0.05) is 144 Å². The van der Waals surface area contributed by atoms with E-state index in [0.29, 0.717) is 23.7 Å². The van der Waals surface area contributed by atoms with Gasteiger partial charge in [-0.05, 0) is 183 Å². The second kappa shape index (κ2) is 27.6. The molecule has 0 bridgehead atoms. The molecule has 9 heteroatoms. The highest BCUT2D eigenvalue weighted by molar-refractivity contribution is 5.36. The van der Waals surface area contributed by atoms with Gasteiger partial charge in [-0.3, -0.25) is 0 Å². The van der Waals surface area contributed by atoms with Crippen LogP contribution in [0.2, 0.25) is 0 Å². The van der Waals surface area contributed by atoms with Crippen LogP contribution in [0.4, 0.5) is 8.78 Å². The molecular formula is C62H101F2N7. The zero-order chi connectivity index (χ0) is 55.4. The van der Waals surface area contributed by atoms with Crippen LogP contribution in [0.25, 0.3) is 0 Å². The zero-order valence-corrected chi connectivity index (χ0v) is 50.7. The summed E-state index contributed by atoms with van der Waals surface area (Å²) in [6.07, 6.45) is 14.0. The van der Waals surface area contributed by atoms with Crippen LogP contribution in [0, 0.1) is 115 Å². The first-order chi connectivity index (χ1) is 32.5. The van der Waals surface area contributed by atoms with E-state index in [1.807, 2.05) is 27.9 Å². The van der Waals surface area contributed by atoms with E-state index in [1.165, 1.54) is 96.5 Å². The van der Waals surface area contributed by atoms with E-state index in [1.54, 1.807) is 23.0 Å². The van der Waals surface area contributed by atoms with Crippen molar-refractivity contribution in [1.82, 2.24) is 32.0 Å². The minimum Gasteiger partial charge on any atom is -0.354 e. The molecule has 7 nitrogen and oxygen atoms in total. The third-order valence-corrected chi connectivity index (χ3v) is 15.0. The van der Waals surface area contributed by atoms with Crippen LogP contribution in [-0.2, 0) is 49.3 Å². The van der Waals surface area contributed by atoms with Crippen molar-refractivity contribution in [1.29, 1.82) is 0 Å². The van der Waals surface area contributed by atoms with Gasteiger partial charge in [0.05, 0.1) is 0 Å². The van der Waals surface area contributed by atoms with Gasteiger partial charge in [0.2, 0.25) is 0 Å². The third kappa shape index (κ3) is 17.0. The lowest BCUT2D eigenvalue weighted by atomic mass is 9.98. The largest absolute Gasteiger partial charge is 0.354 e. The van der Waals surface area contributed by atoms with E-state index >= 15 is 0 Å². The normalized spacial score (nSPS) is 10.8. The van der Waals surface area contributed by atoms with Gasteiger partial charge in [-0.15, -0.1) is 0 Å². The van der Waals surface area contributed by atoms with Crippen molar-refractivity contribution in [3.05, 3.63) is 162 Å². The molecule has 0 aromatic carbocycles. The fraction of sp³-hybridized carbons (Fsp3) is 0.548. The predicted molar refractivity (Wildman–Crippen MR) is 305 cm³/mol. The molecule has 0 unspecified atom stereocenters. The molecule has 0 aliphatic rings. The van der Waals surface area contributed by atoms with Gasteiger partial charge >= 0.3 is 0 Å². The molecule has 7 rings (SSSR count). The third-order valence-electron chi connectivity index (χ3n) is 15.0. The monoisotopic (exact) mass is 982 g/mol. The van der Waals surface area contributed by atoms with E-state index in [-0.39, 0.29) is 11.6 Å². The van der Waals surface area contributed by atoms with Crippen molar-refractivity contribution in [2.75, 3.05) is 0 Å². The molecule has 7 aromatic rings. The lowest BCUT2D eigenvalue weighted by Gasteiger charge is -2.09. The molecule has 7 aromatic heterocycles. The summed E-state index contributed by atoms with van der Waals surface area (Å²) in [4.78, 5) is 0. The Morgan fingerprint density at radius 3 is 0.634 bits per heavy atom. The maximum Gasteiger partial charge on any atom is 0.143 e. The average Bonchev–Trinajstić information content (AvgIpc) is 4.06. The first-order valence-electron chi connectivity index (χ1n) is 25.7. The summed E-state index contributed by atoms with van der Waals surface area (Å²) in [5.41, 5.74) is 24.9. The lowest BCUT2D eigenvalue weighted by Crippen LogP contribution is -1.98. The molecule has 398 valence electrons. The Morgan fingerprint density at radius 1 is 0.268 bits per heavy atom. The maximum atomic E-state index is 12.6. The molecule has 0 atom stereocenters. The number of hydrogen-bond donors (Lipinski definition) is 0. The fourth-order valence-electron chi connectivity index (χ4n) is 9.10. The molecule has 0 spiro atoms. The van der Waals surface area contributed by atoms with Gasteiger partial charge in [0.1, 0.15) is 11.6 Å². The minimum atomic E-state index is -0.116. The number of nitrogens with zero attached hydrogens (tertiary/aromatic N) is 7. The van der Waals surface area contributed by atoms with Gasteiger partial charge in [0.15, 0.2) is 0 Å². The Balaban J connectivity index is 0.000000416. The van der Waals surface area contributed by atoms with Crippen LogP contribution >= 0.6 is 0 Å². The highest BCUT2D eigenvalue weighted by atomic mass is 19.1. The summed E-state index contributed by atoms with van der Waals surface area (Å²) >= 11 is 0. The fourth-order valence-corrected chi connectivity index (χ4v) is 9.10. The summed E-state index contributed by atoms with van der Waals surface area (Å²) in [5, 5.41) is 0. The SMILES string of the molecule is Cc1c(C(C)C)cn(C)c1C.Cc1c(C(C)C)cn(C)c1C(C)C.Cc1c(F)cn(C)c1C.Cc1c(F)cn(C)c1C.Cc1cn(C)c(C(C)C)c1C.Cc1cn(C)c(C)c1C.Cc1cn(C)c(C)c1C. The molecule has 0 aliphatic carbocycles. The molecule has 0 radical (unpaired) electrons. The Kier molecular flexibility index (Phi) is 24.8. The van der Waals surface area contributed by atoms with Crippen molar-refractivity contribution < 1.29 is 8.78 Å². The Labute approximate surface area is 432 Å². The number of rotatable bonds is 4. The second-order valence-electron chi connectivity index (χ2n) is 21.5. The molecule has 7 heterocycles. The van der Waals surface area contributed by atoms with Crippen molar-refractivity contribution in [2.45, 2.75) is 183 Å². The molecule has 0 saturated carbocycles. The Bertz CT molecular complexity index is 2460. The summed E-state index contributed by atoms with van der Waals surface area (Å²) in [5.74, 6) is 2.31. The van der Waals surface area contributed by atoms with Crippen LogP contribution in [0.1, 0.15) is 186 Å². The number of aryl methyl sites for hydroxylation is 10. The van der Waals surface area contributed by atoms with E-state index in [0.717, 1.165) is 22.5 Å². The summed E-state index contributed by atoms with van der Waals surface area (Å²) in [6.45, 7) is 49.2. The van der Waals surface area contributed by atoms with E-state index in [2.05, 4.69) is 221 Å². The second-order valence-corrected chi connectivity index (χ2v) is 21.5. The van der Waals surface area contributed by atoms with Crippen LogP contribution in [0.3, 0.4) is 0 Å². The van der Waals surface area contributed by atoms with Gasteiger partial charge < -0.3 is 32.0 Å². The van der Waals surface area contributed by atoms with Crippen molar-refractivity contribution >= 4 is 0 Å². The van der Waals surface area contributed by atoms with E-state index < -0.39 is 0 Å². The summed E-state index contributed by atoms with van der Waals surface area (Å²) < 4.78 is 39.7. The Hall–Kier alpha value is -5.18. The van der Waals surface area contributed by atoms with Gasteiger partial charge in [-0.2, -0.15) is 0 Å². The van der Waals surface area contributed by atoms with Crippen LogP contribution in [-0.4, -0.2) is 32.0 Å². The van der Waals surface area contributed by atoms with Crippen LogP contribution in [0.15, 0.2) is 43.4 Å².